The lowest BCUT2D eigenvalue weighted by Crippen LogP contribution is -2.06. The minimum absolute atomic E-state index is 0.427. The summed E-state index contributed by atoms with van der Waals surface area (Å²) in [6.07, 6.45) is 1.77. The summed E-state index contributed by atoms with van der Waals surface area (Å²) in [4.78, 5) is 4.21. The Hall–Kier alpha value is -1.74. The van der Waals surface area contributed by atoms with Crippen LogP contribution in [0.25, 0.3) is 11.1 Å². The van der Waals surface area contributed by atoms with E-state index < -0.39 is 0 Å². The van der Waals surface area contributed by atoms with E-state index in [1.807, 2.05) is 25.1 Å². The monoisotopic (exact) mass is 290 g/mol. The first-order valence-electron chi connectivity index (χ1n) is 6.62. The standard InChI is InChI=1S/C16H19ClN2O/c1-10(2)9-20-16-14(7-13(18)8-15(16)17)12-4-5-19-11(3)6-12/h4-8,10H,9,18H2,1-3H3. The van der Waals surface area contributed by atoms with Gasteiger partial charge in [-0.15, -0.1) is 0 Å². The van der Waals surface area contributed by atoms with Crippen molar-refractivity contribution < 1.29 is 4.74 Å². The topological polar surface area (TPSA) is 48.1 Å². The number of pyridine rings is 1. The maximum atomic E-state index is 6.29. The molecule has 2 N–H and O–H groups in total. The Balaban J connectivity index is 2.49. The predicted octanol–water partition coefficient (Wildman–Crippen LogP) is 4.33. The van der Waals surface area contributed by atoms with Gasteiger partial charge in [-0.3, -0.25) is 4.98 Å². The van der Waals surface area contributed by atoms with Gasteiger partial charge in [0.25, 0.3) is 0 Å². The van der Waals surface area contributed by atoms with Gasteiger partial charge >= 0.3 is 0 Å². The second kappa shape index (κ2) is 6.14. The molecule has 1 heterocycles. The highest BCUT2D eigenvalue weighted by Crippen LogP contribution is 2.38. The first kappa shape index (κ1) is 14.7. The van der Waals surface area contributed by atoms with E-state index in [0.29, 0.717) is 29.0 Å². The number of anilines is 1. The Kier molecular flexibility index (Phi) is 4.50. The molecule has 0 saturated carbocycles. The second-order valence-electron chi connectivity index (χ2n) is 5.27. The largest absolute Gasteiger partial charge is 0.491 e. The SMILES string of the molecule is Cc1cc(-c2cc(N)cc(Cl)c2OCC(C)C)ccn1. The van der Waals surface area contributed by atoms with Gasteiger partial charge in [-0.2, -0.15) is 0 Å². The van der Waals surface area contributed by atoms with Gasteiger partial charge in [0.15, 0.2) is 0 Å². The molecule has 0 amide bonds. The fraction of sp³-hybridized carbons (Fsp3) is 0.312. The first-order chi connectivity index (χ1) is 9.47. The average Bonchev–Trinajstić information content (AvgIpc) is 2.36. The lowest BCUT2D eigenvalue weighted by Gasteiger charge is -2.16. The summed E-state index contributed by atoms with van der Waals surface area (Å²) in [6.45, 7) is 6.76. The van der Waals surface area contributed by atoms with Crippen molar-refractivity contribution in [1.29, 1.82) is 0 Å². The number of hydrogen-bond donors (Lipinski definition) is 1. The molecule has 1 aromatic heterocycles. The normalized spacial score (nSPS) is 10.8. The Bertz CT molecular complexity index is 611. The number of nitrogen functional groups attached to an aromatic ring is 1. The molecule has 20 heavy (non-hydrogen) atoms. The van der Waals surface area contributed by atoms with Crippen molar-refractivity contribution in [3.63, 3.8) is 0 Å². The molecule has 0 aliphatic heterocycles. The van der Waals surface area contributed by atoms with Gasteiger partial charge in [-0.25, -0.2) is 0 Å². The average molecular weight is 291 g/mol. The van der Waals surface area contributed by atoms with Gasteiger partial charge < -0.3 is 10.5 Å². The van der Waals surface area contributed by atoms with E-state index in [1.54, 1.807) is 12.3 Å². The number of ether oxygens (including phenoxy) is 1. The van der Waals surface area contributed by atoms with Crippen LogP contribution in [0.2, 0.25) is 5.02 Å². The van der Waals surface area contributed by atoms with Crippen LogP contribution in [0.4, 0.5) is 5.69 Å². The van der Waals surface area contributed by atoms with E-state index >= 15 is 0 Å². The lowest BCUT2D eigenvalue weighted by molar-refractivity contribution is 0.272. The molecular formula is C16H19ClN2O. The van der Waals surface area contributed by atoms with Gasteiger partial charge in [0.1, 0.15) is 5.75 Å². The van der Waals surface area contributed by atoms with Crippen molar-refractivity contribution in [3.8, 4) is 16.9 Å². The van der Waals surface area contributed by atoms with Crippen LogP contribution in [0.15, 0.2) is 30.5 Å². The number of nitrogens with zero attached hydrogens (tertiary/aromatic N) is 1. The maximum Gasteiger partial charge on any atom is 0.145 e. The van der Waals surface area contributed by atoms with Crippen molar-refractivity contribution in [1.82, 2.24) is 4.98 Å². The zero-order chi connectivity index (χ0) is 14.7. The third-order valence-electron chi connectivity index (χ3n) is 2.83. The minimum Gasteiger partial charge on any atom is -0.491 e. The lowest BCUT2D eigenvalue weighted by atomic mass is 10.0. The molecule has 0 aliphatic carbocycles. The predicted molar refractivity (Wildman–Crippen MR) is 84.2 cm³/mol. The van der Waals surface area contributed by atoms with Crippen molar-refractivity contribution >= 4 is 17.3 Å². The Morgan fingerprint density at radius 1 is 1.30 bits per heavy atom. The van der Waals surface area contributed by atoms with Gasteiger partial charge in [0.2, 0.25) is 0 Å². The molecule has 0 spiro atoms. The molecular weight excluding hydrogens is 272 g/mol. The highest BCUT2D eigenvalue weighted by molar-refractivity contribution is 6.32. The Morgan fingerprint density at radius 3 is 2.70 bits per heavy atom. The van der Waals surface area contributed by atoms with E-state index in [0.717, 1.165) is 16.8 Å². The van der Waals surface area contributed by atoms with Crippen LogP contribution in [0, 0.1) is 12.8 Å². The quantitative estimate of drug-likeness (QED) is 0.853. The number of halogens is 1. The van der Waals surface area contributed by atoms with Crippen LogP contribution in [-0.2, 0) is 0 Å². The molecule has 0 radical (unpaired) electrons. The molecule has 0 saturated heterocycles. The zero-order valence-electron chi connectivity index (χ0n) is 12.0. The summed E-state index contributed by atoms with van der Waals surface area (Å²) in [5.74, 6) is 1.11. The van der Waals surface area contributed by atoms with E-state index in [9.17, 15) is 0 Å². The number of aromatic nitrogens is 1. The highest BCUT2D eigenvalue weighted by atomic mass is 35.5. The van der Waals surface area contributed by atoms with Crippen LogP contribution in [0.3, 0.4) is 0 Å². The Labute approximate surface area is 124 Å². The van der Waals surface area contributed by atoms with E-state index in [1.165, 1.54) is 0 Å². The molecule has 3 nitrogen and oxygen atoms in total. The van der Waals surface area contributed by atoms with Gasteiger partial charge in [0, 0.05) is 23.1 Å². The number of aryl methyl sites for hydroxylation is 1. The summed E-state index contributed by atoms with van der Waals surface area (Å²) >= 11 is 6.29. The number of rotatable bonds is 4. The van der Waals surface area contributed by atoms with Crippen molar-refractivity contribution in [3.05, 3.63) is 41.2 Å². The molecule has 106 valence electrons. The Morgan fingerprint density at radius 2 is 2.05 bits per heavy atom. The molecule has 4 heteroatoms. The molecule has 0 bridgehead atoms. The van der Waals surface area contributed by atoms with Gasteiger partial charge in [0.05, 0.1) is 11.6 Å². The first-order valence-corrected chi connectivity index (χ1v) is 7.00. The maximum absolute atomic E-state index is 6.29. The summed E-state index contributed by atoms with van der Waals surface area (Å²) < 4.78 is 5.87. The van der Waals surface area contributed by atoms with Crippen LogP contribution in [0.5, 0.6) is 5.75 Å². The van der Waals surface area contributed by atoms with E-state index in [-0.39, 0.29) is 0 Å². The molecule has 0 atom stereocenters. The molecule has 2 rings (SSSR count). The van der Waals surface area contributed by atoms with Crippen molar-refractivity contribution in [2.45, 2.75) is 20.8 Å². The third kappa shape index (κ3) is 3.42. The number of hydrogen-bond acceptors (Lipinski definition) is 3. The summed E-state index contributed by atoms with van der Waals surface area (Å²) in [5.41, 5.74) is 9.38. The summed E-state index contributed by atoms with van der Waals surface area (Å²) in [5, 5.41) is 0.537. The molecule has 0 unspecified atom stereocenters. The summed E-state index contributed by atoms with van der Waals surface area (Å²) in [7, 11) is 0. The van der Waals surface area contributed by atoms with Crippen LogP contribution >= 0.6 is 11.6 Å². The summed E-state index contributed by atoms with van der Waals surface area (Å²) in [6, 6.07) is 7.53. The van der Waals surface area contributed by atoms with E-state index in [2.05, 4.69) is 18.8 Å². The van der Waals surface area contributed by atoms with Gasteiger partial charge in [-0.1, -0.05) is 25.4 Å². The van der Waals surface area contributed by atoms with E-state index in [4.69, 9.17) is 22.1 Å². The van der Waals surface area contributed by atoms with Crippen LogP contribution in [-0.4, -0.2) is 11.6 Å². The highest BCUT2D eigenvalue weighted by Gasteiger charge is 2.13. The fourth-order valence-corrected chi connectivity index (χ4v) is 2.22. The fourth-order valence-electron chi connectivity index (χ4n) is 1.94. The van der Waals surface area contributed by atoms with Crippen LogP contribution in [0.1, 0.15) is 19.5 Å². The number of benzene rings is 1. The zero-order valence-corrected chi connectivity index (χ0v) is 12.7. The molecule has 2 aromatic rings. The smallest absolute Gasteiger partial charge is 0.145 e. The third-order valence-corrected chi connectivity index (χ3v) is 3.12. The van der Waals surface area contributed by atoms with Crippen molar-refractivity contribution in [2.75, 3.05) is 12.3 Å². The van der Waals surface area contributed by atoms with Crippen LogP contribution < -0.4 is 10.5 Å². The minimum atomic E-state index is 0.427. The molecule has 0 fully saturated rings. The molecule has 0 aliphatic rings. The number of nitrogens with two attached hydrogens (primary N) is 1. The molecule has 1 aromatic carbocycles. The van der Waals surface area contributed by atoms with Crippen molar-refractivity contribution in [2.24, 2.45) is 5.92 Å². The van der Waals surface area contributed by atoms with Gasteiger partial charge in [-0.05, 0) is 42.7 Å². The second-order valence-corrected chi connectivity index (χ2v) is 5.68.